The van der Waals surface area contributed by atoms with E-state index < -0.39 is 48.2 Å². The summed E-state index contributed by atoms with van der Waals surface area (Å²) in [6.45, 7) is 0. The Morgan fingerprint density at radius 1 is 1.30 bits per heavy atom. The van der Waals surface area contributed by atoms with Gasteiger partial charge in [0.25, 0.3) is 0 Å². The van der Waals surface area contributed by atoms with Crippen molar-refractivity contribution in [3.8, 4) is 0 Å². The number of nitrogen functional groups attached to an aromatic ring is 1. The van der Waals surface area contributed by atoms with E-state index >= 15 is 0 Å². The van der Waals surface area contributed by atoms with Crippen molar-refractivity contribution in [3.05, 3.63) is 35.3 Å². The molecule has 0 bridgehead atoms. The Balaban J connectivity index is 2.35. The Kier molecular flexibility index (Phi) is 3.56. The smallest absolute Gasteiger partial charge is 0.244 e. The van der Waals surface area contributed by atoms with Gasteiger partial charge in [-0.2, -0.15) is 0 Å². The molecule has 1 heterocycles. The Hall–Kier alpha value is -1.52. The van der Waals surface area contributed by atoms with Crippen LogP contribution >= 0.6 is 0 Å². The summed E-state index contributed by atoms with van der Waals surface area (Å²) in [5.41, 5.74) is 5.00. The molecule has 6 nitrogen and oxygen atoms in total. The Morgan fingerprint density at radius 2 is 1.95 bits per heavy atom. The molecule has 0 radical (unpaired) electrons. The summed E-state index contributed by atoms with van der Waals surface area (Å²) in [5.74, 6) is -3.45. The molecule has 0 aliphatic carbocycles. The maximum Gasteiger partial charge on any atom is 0.244 e. The van der Waals surface area contributed by atoms with Crippen LogP contribution in [-0.2, 0) is 19.9 Å². The van der Waals surface area contributed by atoms with E-state index in [-0.39, 0.29) is 5.69 Å². The lowest BCUT2D eigenvalue weighted by atomic mass is 10.3. The van der Waals surface area contributed by atoms with Gasteiger partial charge in [-0.15, -0.1) is 0 Å². The van der Waals surface area contributed by atoms with Gasteiger partial charge in [-0.1, -0.05) is 6.08 Å². The maximum atomic E-state index is 13.5. The van der Waals surface area contributed by atoms with Crippen molar-refractivity contribution in [1.29, 1.82) is 0 Å². The van der Waals surface area contributed by atoms with E-state index in [9.17, 15) is 25.6 Å². The molecule has 2 rings (SSSR count). The number of sulfonamides is 1. The fourth-order valence-electron chi connectivity index (χ4n) is 1.69. The number of hydrogen-bond donors (Lipinski definition) is 2. The van der Waals surface area contributed by atoms with Crippen molar-refractivity contribution in [2.24, 2.45) is 0 Å². The number of anilines is 1. The van der Waals surface area contributed by atoms with Crippen molar-refractivity contribution in [2.45, 2.75) is 10.9 Å². The molecule has 1 aliphatic rings. The highest BCUT2D eigenvalue weighted by Crippen LogP contribution is 2.22. The fraction of sp³-hybridized carbons (Fsp3) is 0.200. The maximum absolute atomic E-state index is 13.5. The summed E-state index contributed by atoms with van der Waals surface area (Å²) >= 11 is 0. The number of rotatable bonds is 3. The summed E-state index contributed by atoms with van der Waals surface area (Å²) in [7, 11) is -7.91. The molecular formula is C10H10F2N2O4S2. The molecular weight excluding hydrogens is 314 g/mol. The van der Waals surface area contributed by atoms with Crippen LogP contribution in [0.5, 0.6) is 0 Å². The minimum absolute atomic E-state index is 0.265. The molecule has 1 aromatic carbocycles. The van der Waals surface area contributed by atoms with E-state index in [1.807, 2.05) is 4.72 Å². The van der Waals surface area contributed by atoms with Gasteiger partial charge in [0.2, 0.25) is 10.0 Å². The van der Waals surface area contributed by atoms with Crippen molar-refractivity contribution in [3.63, 3.8) is 0 Å². The van der Waals surface area contributed by atoms with E-state index in [1.165, 1.54) is 0 Å². The number of sulfone groups is 1. The molecule has 110 valence electrons. The fourth-order valence-corrected chi connectivity index (χ4v) is 4.34. The molecule has 0 aromatic heterocycles. The Bertz CT molecular complexity index is 788. The topological polar surface area (TPSA) is 106 Å². The summed E-state index contributed by atoms with van der Waals surface area (Å²) in [4.78, 5) is -0.965. The number of halogens is 2. The average Bonchev–Trinajstić information content (AvgIpc) is 2.62. The quantitative estimate of drug-likeness (QED) is 0.769. The molecule has 20 heavy (non-hydrogen) atoms. The third kappa shape index (κ3) is 2.97. The normalized spacial score (nSPS) is 21.2. The highest BCUT2D eigenvalue weighted by Gasteiger charge is 2.29. The zero-order valence-electron chi connectivity index (χ0n) is 9.88. The third-order valence-electron chi connectivity index (χ3n) is 2.54. The number of nitrogens with one attached hydrogen (secondary N) is 1. The zero-order valence-corrected chi connectivity index (χ0v) is 11.5. The highest BCUT2D eigenvalue weighted by atomic mass is 32.2. The van der Waals surface area contributed by atoms with Gasteiger partial charge in [-0.05, 0) is 12.1 Å². The summed E-state index contributed by atoms with van der Waals surface area (Å²) in [5, 5.41) is 0.858. The second-order valence-electron chi connectivity index (χ2n) is 4.20. The van der Waals surface area contributed by atoms with Gasteiger partial charge in [-0.25, -0.2) is 30.3 Å². The summed E-state index contributed by atoms with van der Waals surface area (Å²) in [6, 6.07) is 0.372. The monoisotopic (exact) mass is 324 g/mol. The molecule has 3 N–H and O–H groups in total. The van der Waals surface area contributed by atoms with E-state index in [1.54, 1.807) is 0 Å². The standard InChI is InChI=1S/C10H10F2N2O4S2/c11-8-3-6(13)4-9(10(8)12)20(17,18)14-7-1-2-19(15,16)5-7/h1-4,7,14H,5,13H2. The van der Waals surface area contributed by atoms with Crippen LogP contribution in [0.4, 0.5) is 14.5 Å². The molecule has 10 heteroatoms. The van der Waals surface area contributed by atoms with Crippen LogP contribution in [0.25, 0.3) is 0 Å². The van der Waals surface area contributed by atoms with Crippen LogP contribution in [0.15, 0.2) is 28.5 Å². The van der Waals surface area contributed by atoms with E-state index in [0.29, 0.717) is 6.07 Å². The molecule has 0 saturated carbocycles. The SMILES string of the molecule is Nc1cc(F)c(F)c(S(=O)(=O)NC2C=CS(=O)(=O)C2)c1. The first-order chi connectivity index (χ1) is 9.11. The van der Waals surface area contributed by atoms with Crippen LogP contribution in [0.3, 0.4) is 0 Å². The van der Waals surface area contributed by atoms with Gasteiger partial charge in [0.15, 0.2) is 21.5 Å². The van der Waals surface area contributed by atoms with E-state index in [2.05, 4.69) is 0 Å². The first-order valence-corrected chi connectivity index (χ1v) is 8.48. The van der Waals surface area contributed by atoms with Crippen molar-refractivity contribution >= 4 is 25.5 Å². The van der Waals surface area contributed by atoms with Gasteiger partial charge in [0.05, 0.1) is 11.8 Å². The molecule has 0 amide bonds. The van der Waals surface area contributed by atoms with Gasteiger partial charge in [-0.3, -0.25) is 0 Å². The third-order valence-corrected chi connectivity index (χ3v) is 5.43. The summed E-state index contributed by atoms with van der Waals surface area (Å²) in [6.07, 6.45) is 1.12. The van der Waals surface area contributed by atoms with E-state index in [4.69, 9.17) is 5.73 Å². The predicted octanol–water partition coefficient (Wildman–Crippen LogP) is 0.136. The van der Waals surface area contributed by atoms with Gasteiger partial charge >= 0.3 is 0 Å². The lowest BCUT2D eigenvalue weighted by Crippen LogP contribution is -2.36. The van der Waals surface area contributed by atoms with Crippen molar-refractivity contribution < 1.29 is 25.6 Å². The highest BCUT2D eigenvalue weighted by molar-refractivity contribution is 7.94. The number of hydrogen-bond acceptors (Lipinski definition) is 5. The summed E-state index contributed by atoms with van der Waals surface area (Å²) < 4.78 is 74.8. The van der Waals surface area contributed by atoms with Gasteiger partial charge in [0.1, 0.15) is 4.90 Å². The molecule has 0 spiro atoms. The average molecular weight is 324 g/mol. The molecule has 1 aromatic rings. The lowest BCUT2D eigenvalue weighted by molar-refractivity contribution is 0.483. The van der Waals surface area contributed by atoms with Crippen LogP contribution in [0, 0.1) is 11.6 Å². The second-order valence-corrected chi connectivity index (χ2v) is 7.81. The number of benzene rings is 1. The van der Waals surface area contributed by atoms with Gasteiger partial charge in [0, 0.05) is 11.1 Å². The lowest BCUT2D eigenvalue weighted by Gasteiger charge is -2.12. The van der Waals surface area contributed by atoms with Crippen LogP contribution in [-0.4, -0.2) is 28.6 Å². The largest absolute Gasteiger partial charge is 0.399 e. The van der Waals surface area contributed by atoms with Crippen molar-refractivity contribution in [1.82, 2.24) is 4.72 Å². The molecule has 1 atom stereocenters. The molecule has 0 fully saturated rings. The van der Waals surface area contributed by atoms with Crippen LogP contribution in [0.1, 0.15) is 0 Å². The molecule has 0 saturated heterocycles. The molecule has 1 unspecified atom stereocenters. The molecule has 1 aliphatic heterocycles. The van der Waals surface area contributed by atoms with E-state index in [0.717, 1.165) is 17.6 Å². The Labute approximate surface area is 114 Å². The minimum atomic E-state index is -4.43. The van der Waals surface area contributed by atoms with Crippen LogP contribution in [0.2, 0.25) is 0 Å². The minimum Gasteiger partial charge on any atom is -0.399 e. The first kappa shape index (κ1) is 14.9. The second kappa shape index (κ2) is 4.79. The van der Waals surface area contributed by atoms with Crippen LogP contribution < -0.4 is 10.5 Å². The van der Waals surface area contributed by atoms with Crippen molar-refractivity contribution in [2.75, 3.05) is 11.5 Å². The first-order valence-electron chi connectivity index (χ1n) is 5.28. The predicted molar refractivity (Wildman–Crippen MR) is 67.8 cm³/mol. The zero-order chi connectivity index (χ0) is 15.1. The Morgan fingerprint density at radius 3 is 2.50 bits per heavy atom. The van der Waals surface area contributed by atoms with Gasteiger partial charge < -0.3 is 5.73 Å². The number of nitrogens with two attached hydrogens (primary N) is 1.